The lowest BCUT2D eigenvalue weighted by Gasteiger charge is -2.25. The maximum atomic E-state index is 5.01. The average molecular weight is 352 g/mol. The summed E-state index contributed by atoms with van der Waals surface area (Å²) in [5.41, 5.74) is 8.11. The minimum absolute atomic E-state index is 0.908. The molecule has 0 radical (unpaired) electrons. The highest BCUT2D eigenvalue weighted by molar-refractivity contribution is 6.04. The van der Waals surface area contributed by atoms with Crippen LogP contribution in [0.5, 0.6) is 0 Å². The number of benzene rings is 2. The maximum Gasteiger partial charge on any atom is 0.115 e. The minimum Gasteiger partial charge on any atom is -0.376 e. The van der Waals surface area contributed by atoms with Gasteiger partial charge in [0.1, 0.15) is 11.0 Å². The van der Waals surface area contributed by atoms with Crippen LogP contribution in [0.2, 0.25) is 0 Å². The molecule has 3 rings (SSSR count). The van der Waals surface area contributed by atoms with E-state index in [1.807, 2.05) is 28.2 Å². The summed E-state index contributed by atoms with van der Waals surface area (Å²) in [6.45, 7) is 0. The van der Waals surface area contributed by atoms with E-state index >= 15 is 0 Å². The van der Waals surface area contributed by atoms with Crippen LogP contribution in [0, 0.1) is 0 Å². The second-order valence-electron chi connectivity index (χ2n) is 7.40. The molecule has 6 heteroatoms. The molecule has 0 fully saturated rings. The zero-order chi connectivity index (χ0) is 19.2. The van der Waals surface area contributed by atoms with Crippen molar-refractivity contribution in [1.82, 2.24) is 9.97 Å². The van der Waals surface area contributed by atoms with Crippen LogP contribution in [0.15, 0.2) is 24.3 Å². The van der Waals surface area contributed by atoms with Gasteiger partial charge in [-0.3, -0.25) is 0 Å². The molecule has 0 saturated heterocycles. The van der Waals surface area contributed by atoms with Crippen molar-refractivity contribution in [1.29, 1.82) is 0 Å². The lowest BCUT2D eigenvalue weighted by Crippen LogP contribution is -2.18. The molecule has 6 nitrogen and oxygen atoms in total. The second-order valence-corrected chi connectivity index (χ2v) is 7.40. The number of hydrogen-bond acceptors (Lipinski definition) is 6. The molecule has 26 heavy (non-hydrogen) atoms. The predicted molar refractivity (Wildman–Crippen MR) is 114 cm³/mol. The smallest absolute Gasteiger partial charge is 0.115 e. The van der Waals surface area contributed by atoms with Gasteiger partial charge in [-0.05, 0) is 24.3 Å². The fourth-order valence-electron chi connectivity index (χ4n) is 3.36. The van der Waals surface area contributed by atoms with Crippen LogP contribution in [-0.4, -0.2) is 66.3 Å². The van der Waals surface area contributed by atoms with Crippen LogP contribution < -0.4 is 19.6 Å². The fourth-order valence-corrected chi connectivity index (χ4v) is 3.36. The van der Waals surface area contributed by atoms with Crippen LogP contribution in [0.1, 0.15) is 0 Å². The van der Waals surface area contributed by atoms with Crippen molar-refractivity contribution < 1.29 is 0 Å². The highest BCUT2D eigenvalue weighted by Crippen LogP contribution is 2.38. The molecule has 0 aliphatic carbocycles. The molecule has 0 aliphatic rings. The predicted octanol–water partition coefficient (Wildman–Crippen LogP) is 3.05. The van der Waals surface area contributed by atoms with Crippen molar-refractivity contribution in [3.05, 3.63) is 24.3 Å². The first-order valence-electron chi connectivity index (χ1n) is 8.69. The quantitative estimate of drug-likeness (QED) is 0.672. The standard InChI is InChI=1S/C20H28N6/c1-23(2)15-11-9-13-17(19(15)25(5)6)21-14-10-12-16(24(3)4)20(26(7)8)18(14)22-13/h9-12H,1-8H3. The Bertz CT molecular complexity index is 880. The van der Waals surface area contributed by atoms with Gasteiger partial charge in [-0.2, -0.15) is 0 Å². The number of rotatable bonds is 4. The first kappa shape index (κ1) is 18.0. The lowest BCUT2D eigenvalue weighted by molar-refractivity contribution is 1.07. The van der Waals surface area contributed by atoms with Gasteiger partial charge in [0.05, 0.1) is 33.8 Å². The highest BCUT2D eigenvalue weighted by atomic mass is 15.2. The van der Waals surface area contributed by atoms with Crippen LogP contribution in [0.25, 0.3) is 22.1 Å². The van der Waals surface area contributed by atoms with Crippen molar-refractivity contribution in [3.63, 3.8) is 0 Å². The summed E-state index contributed by atoms with van der Waals surface area (Å²) in [6, 6.07) is 8.35. The SMILES string of the molecule is CN(C)c1ccc2nc3c(N(C)C)c(N(C)C)ccc3nc2c1N(C)C. The monoisotopic (exact) mass is 352 g/mol. The zero-order valence-electron chi connectivity index (χ0n) is 17.0. The second kappa shape index (κ2) is 6.52. The molecular weight excluding hydrogens is 324 g/mol. The van der Waals surface area contributed by atoms with E-state index < -0.39 is 0 Å². The van der Waals surface area contributed by atoms with Gasteiger partial charge in [0.15, 0.2) is 0 Å². The number of nitrogens with zero attached hydrogens (tertiary/aromatic N) is 6. The Morgan fingerprint density at radius 2 is 0.846 bits per heavy atom. The average Bonchev–Trinajstić information content (AvgIpc) is 2.56. The van der Waals surface area contributed by atoms with E-state index in [4.69, 9.17) is 9.97 Å². The molecule has 0 atom stereocenters. The van der Waals surface area contributed by atoms with E-state index in [2.05, 4.69) is 72.1 Å². The summed E-state index contributed by atoms with van der Waals surface area (Å²) < 4.78 is 0. The van der Waals surface area contributed by atoms with Crippen LogP contribution in [0.3, 0.4) is 0 Å². The van der Waals surface area contributed by atoms with Gasteiger partial charge in [0.2, 0.25) is 0 Å². The van der Waals surface area contributed by atoms with Gasteiger partial charge in [0, 0.05) is 56.4 Å². The van der Waals surface area contributed by atoms with Crippen molar-refractivity contribution >= 4 is 44.8 Å². The zero-order valence-corrected chi connectivity index (χ0v) is 17.0. The summed E-state index contributed by atoms with van der Waals surface area (Å²) in [5.74, 6) is 0. The number of hydrogen-bond donors (Lipinski definition) is 0. The van der Waals surface area contributed by atoms with Crippen molar-refractivity contribution in [2.45, 2.75) is 0 Å². The molecule has 0 unspecified atom stereocenters. The van der Waals surface area contributed by atoms with Crippen molar-refractivity contribution in [2.24, 2.45) is 0 Å². The molecule has 2 aromatic carbocycles. The Hall–Kier alpha value is -2.76. The third-order valence-corrected chi connectivity index (χ3v) is 4.54. The van der Waals surface area contributed by atoms with E-state index in [1.165, 1.54) is 0 Å². The van der Waals surface area contributed by atoms with Gasteiger partial charge >= 0.3 is 0 Å². The van der Waals surface area contributed by atoms with Crippen LogP contribution >= 0.6 is 0 Å². The van der Waals surface area contributed by atoms with Crippen LogP contribution in [0.4, 0.5) is 22.7 Å². The Labute approximate surface area is 155 Å². The Kier molecular flexibility index (Phi) is 4.52. The van der Waals surface area contributed by atoms with E-state index in [9.17, 15) is 0 Å². The molecule has 1 heterocycles. The number of aromatic nitrogens is 2. The molecule has 1 aromatic heterocycles. The van der Waals surface area contributed by atoms with Gasteiger partial charge in [0.25, 0.3) is 0 Å². The van der Waals surface area contributed by atoms with E-state index in [-0.39, 0.29) is 0 Å². The molecule has 0 N–H and O–H groups in total. The molecular formula is C20H28N6. The Balaban J connectivity index is 2.43. The van der Waals surface area contributed by atoms with Crippen molar-refractivity contribution in [2.75, 3.05) is 76.0 Å². The molecule has 0 bridgehead atoms. The summed E-state index contributed by atoms with van der Waals surface area (Å²) in [5, 5.41) is 0. The van der Waals surface area contributed by atoms with Gasteiger partial charge < -0.3 is 19.6 Å². The molecule has 0 spiro atoms. The molecule has 3 aromatic rings. The molecule has 0 aliphatic heterocycles. The topological polar surface area (TPSA) is 38.7 Å². The summed E-state index contributed by atoms with van der Waals surface area (Å²) in [7, 11) is 16.4. The van der Waals surface area contributed by atoms with Gasteiger partial charge in [-0.25, -0.2) is 9.97 Å². The first-order valence-corrected chi connectivity index (χ1v) is 8.69. The summed E-state index contributed by atoms with van der Waals surface area (Å²) in [6.07, 6.45) is 0. The number of fused-ring (bicyclic) bond motifs is 2. The molecule has 138 valence electrons. The normalized spacial score (nSPS) is 11.1. The van der Waals surface area contributed by atoms with Crippen molar-refractivity contribution in [3.8, 4) is 0 Å². The highest BCUT2D eigenvalue weighted by Gasteiger charge is 2.18. The van der Waals surface area contributed by atoms with E-state index in [0.717, 1.165) is 44.8 Å². The third kappa shape index (κ3) is 2.85. The molecule has 0 saturated carbocycles. The third-order valence-electron chi connectivity index (χ3n) is 4.54. The lowest BCUT2D eigenvalue weighted by atomic mass is 10.1. The summed E-state index contributed by atoms with van der Waals surface area (Å²) in [4.78, 5) is 18.5. The minimum atomic E-state index is 0.908. The first-order chi connectivity index (χ1) is 12.2. The fraction of sp³-hybridized carbons (Fsp3) is 0.400. The Morgan fingerprint density at radius 3 is 1.12 bits per heavy atom. The van der Waals surface area contributed by atoms with E-state index in [1.54, 1.807) is 0 Å². The van der Waals surface area contributed by atoms with Gasteiger partial charge in [-0.15, -0.1) is 0 Å². The number of anilines is 4. The van der Waals surface area contributed by atoms with E-state index in [0.29, 0.717) is 0 Å². The van der Waals surface area contributed by atoms with Crippen LogP contribution in [-0.2, 0) is 0 Å². The molecule has 0 amide bonds. The summed E-state index contributed by atoms with van der Waals surface area (Å²) >= 11 is 0. The van der Waals surface area contributed by atoms with Gasteiger partial charge in [-0.1, -0.05) is 0 Å². The Morgan fingerprint density at radius 1 is 0.500 bits per heavy atom. The largest absolute Gasteiger partial charge is 0.376 e. The maximum absolute atomic E-state index is 5.01.